The molecule has 8 nitrogen and oxygen atoms in total. The van der Waals surface area contributed by atoms with Crippen molar-refractivity contribution in [1.82, 2.24) is 15.5 Å². The number of nitrogens with one attached hydrogen (secondary N) is 2. The summed E-state index contributed by atoms with van der Waals surface area (Å²) in [4.78, 5) is 50.3. The fourth-order valence-corrected chi connectivity index (χ4v) is 5.81. The summed E-state index contributed by atoms with van der Waals surface area (Å²) in [6.45, 7) is 1.41. The molecule has 2 saturated carbocycles. The number of nitrogens with zero attached hydrogens (tertiary/aromatic N) is 1. The Morgan fingerprint density at radius 1 is 1.03 bits per heavy atom. The maximum atomic E-state index is 12.9. The molecule has 4 amide bonds. The number of rotatable bonds is 5. The van der Waals surface area contributed by atoms with Crippen molar-refractivity contribution in [2.75, 3.05) is 6.54 Å². The molecule has 4 N–H and O–H groups in total. The van der Waals surface area contributed by atoms with Crippen LogP contribution in [0.2, 0.25) is 0 Å². The molecule has 0 spiro atoms. The molecule has 3 fully saturated rings. The van der Waals surface area contributed by atoms with E-state index in [-0.39, 0.29) is 18.7 Å². The van der Waals surface area contributed by atoms with Gasteiger partial charge in [-0.1, -0.05) is 6.07 Å². The number of benzene rings is 1. The van der Waals surface area contributed by atoms with Crippen molar-refractivity contribution in [2.24, 2.45) is 23.5 Å². The zero-order valence-corrected chi connectivity index (χ0v) is 16.7. The quantitative estimate of drug-likeness (QED) is 0.610. The van der Waals surface area contributed by atoms with Crippen LogP contribution in [0.5, 0.6) is 0 Å². The number of fused-ring (bicyclic) bond motifs is 3. The van der Waals surface area contributed by atoms with Crippen molar-refractivity contribution >= 4 is 23.6 Å². The normalized spacial score (nSPS) is 32.7. The first-order valence-corrected chi connectivity index (χ1v) is 10.7. The Hall–Kier alpha value is -2.58. The van der Waals surface area contributed by atoms with E-state index in [1.54, 1.807) is 12.1 Å². The van der Waals surface area contributed by atoms with Gasteiger partial charge in [0.2, 0.25) is 11.8 Å². The zero-order chi connectivity index (χ0) is 21.0. The van der Waals surface area contributed by atoms with Gasteiger partial charge in [0.05, 0.1) is 11.1 Å². The van der Waals surface area contributed by atoms with Crippen LogP contribution in [0, 0.1) is 17.8 Å². The Bertz CT molecular complexity index is 945. The van der Waals surface area contributed by atoms with Crippen LogP contribution in [0.3, 0.4) is 0 Å². The van der Waals surface area contributed by atoms with E-state index in [0.29, 0.717) is 35.5 Å². The van der Waals surface area contributed by atoms with Gasteiger partial charge in [-0.15, -0.1) is 0 Å². The molecule has 5 rings (SSSR count). The molecule has 8 heteroatoms. The van der Waals surface area contributed by atoms with E-state index in [1.807, 2.05) is 6.07 Å². The van der Waals surface area contributed by atoms with Gasteiger partial charge in [0, 0.05) is 19.0 Å². The molecule has 4 aliphatic rings. The summed E-state index contributed by atoms with van der Waals surface area (Å²) in [5, 5.41) is 5.84. The Morgan fingerprint density at radius 2 is 1.83 bits per heavy atom. The third-order valence-electron chi connectivity index (χ3n) is 7.38. The average Bonchev–Trinajstić information content (AvgIpc) is 3.39. The third-order valence-corrected chi connectivity index (χ3v) is 7.38. The lowest BCUT2D eigenvalue weighted by molar-refractivity contribution is -0.136. The van der Waals surface area contributed by atoms with Crippen molar-refractivity contribution in [3.63, 3.8) is 0 Å². The average molecular weight is 410 g/mol. The topological polar surface area (TPSA) is 122 Å². The fraction of sp³-hybridized carbons (Fsp3) is 0.545. The van der Waals surface area contributed by atoms with Crippen LogP contribution in [0.1, 0.15) is 58.4 Å². The summed E-state index contributed by atoms with van der Waals surface area (Å²) >= 11 is 0. The minimum atomic E-state index is -0.929. The predicted molar refractivity (Wildman–Crippen MR) is 107 cm³/mol. The lowest BCUT2D eigenvalue weighted by atomic mass is 9.86. The first-order chi connectivity index (χ1) is 14.5. The molecule has 0 radical (unpaired) electrons. The van der Waals surface area contributed by atoms with Gasteiger partial charge in [0.1, 0.15) is 6.04 Å². The van der Waals surface area contributed by atoms with Crippen LogP contribution < -0.4 is 16.4 Å². The van der Waals surface area contributed by atoms with Crippen LogP contribution in [0.15, 0.2) is 18.2 Å². The highest BCUT2D eigenvalue weighted by atomic mass is 16.2. The largest absolute Gasteiger partial charge is 0.330 e. The summed E-state index contributed by atoms with van der Waals surface area (Å²) in [5.41, 5.74) is 7.46. The highest BCUT2D eigenvalue weighted by Crippen LogP contribution is 2.48. The number of nitrogens with two attached hydrogens (primary N) is 1. The second kappa shape index (κ2) is 7.28. The molecule has 158 valence electrons. The number of carbonyl (C=O) groups is 4. The van der Waals surface area contributed by atoms with E-state index in [1.165, 1.54) is 12.8 Å². The van der Waals surface area contributed by atoms with Gasteiger partial charge in [-0.3, -0.25) is 29.4 Å². The fourth-order valence-electron chi connectivity index (χ4n) is 5.81. The molecular weight excluding hydrogens is 384 g/mol. The summed E-state index contributed by atoms with van der Waals surface area (Å²) in [5.74, 6) is 0.161. The number of imide groups is 2. The summed E-state index contributed by atoms with van der Waals surface area (Å²) < 4.78 is 0. The van der Waals surface area contributed by atoms with E-state index in [9.17, 15) is 19.2 Å². The van der Waals surface area contributed by atoms with E-state index < -0.39 is 23.8 Å². The summed E-state index contributed by atoms with van der Waals surface area (Å²) in [6, 6.07) is 4.83. The maximum absolute atomic E-state index is 12.9. The van der Waals surface area contributed by atoms with Crippen molar-refractivity contribution < 1.29 is 19.2 Å². The lowest BCUT2D eigenvalue weighted by Crippen LogP contribution is -2.54. The molecule has 5 atom stereocenters. The van der Waals surface area contributed by atoms with E-state index in [2.05, 4.69) is 10.6 Å². The molecule has 5 unspecified atom stereocenters. The Kier molecular flexibility index (Phi) is 4.71. The number of carbonyl (C=O) groups excluding carboxylic acids is 4. The standard InChI is InChI=1S/C22H26N4O4/c23-9-14-7-13-6-12(14)8-17(13)24-10-11-1-2-15-16(5-11)22(30)26(21(15)29)18-3-4-19(27)25-20(18)28/h1-2,5,12-14,17-18,24H,3-4,6-10,23H2,(H,25,27,28). The summed E-state index contributed by atoms with van der Waals surface area (Å²) in [6.07, 6.45) is 3.87. The molecule has 2 aliphatic carbocycles. The molecule has 0 aromatic heterocycles. The molecular formula is C22H26N4O4. The van der Waals surface area contributed by atoms with Crippen LogP contribution in [-0.4, -0.2) is 47.2 Å². The number of hydrogen-bond acceptors (Lipinski definition) is 6. The minimum absolute atomic E-state index is 0.119. The van der Waals surface area contributed by atoms with Crippen molar-refractivity contribution in [3.8, 4) is 0 Å². The number of piperidine rings is 1. The Morgan fingerprint density at radius 3 is 2.53 bits per heavy atom. The van der Waals surface area contributed by atoms with Gasteiger partial charge in [-0.05, 0) is 67.7 Å². The van der Waals surface area contributed by atoms with Gasteiger partial charge in [-0.25, -0.2) is 0 Å². The molecule has 1 saturated heterocycles. The van der Waals surface area contributed by atoms with Crippen LogP contribution >= 0.6 is 0 Å². The van der Waals surface area contributed by atoms with E-state index in [0.717, 1.165) is 29.3 Å². The third kappa shape index (κ3) is 3.06. The minimum Gasteiger partial charge on any atom is -0.330 e. The Balaban J connectivity index is 1.27. The zero-order valence-electron chi connectivity index (χ0n) is 16.7. The molecule has 30 heavy (non-hydrogen) atoms. The maximum Gasteiger partial charge on any atom is 0.262 e. The highest BCUT2D eigenvalue weighted by Gasteiger charge is 2.46. The van der Waals surface area contributed by atoms with Crippen molar-refractivity contribution in [1.29, 1.82) is 0 Å². The van der Waals surface area contributed by atoms with E-state index >= 15 is 0 Å². The summed E-state index contributed by atoms with van der Waals surface area (Å²) in [7, 11) is 0. The molecule has 2 heterocycles. The van der Waals surface area contributed by atoms with Gasteiger partial charge >= 0.3 is 0 Å². The number of amides is 4. The lowest BCUT2D eigenvalue weighted by Gasteiger charge is -2.28. The first kappa shape index (κ1) is 19.4. The van der Waals surface area contributed by atoms with Gasteiger partial charge in [-0.2, -0.15) is 0 Å². The smallest absolute Gasteiger partial charge is 0.262 e. The predicted octanol–water partition coefficient (Wildman–Crippen LogP) is 0.551. The van der Waals surface area contributed by atoms with Crippen LogP contribution in [0.4, 0.5) is 0 Å². The molecule has 1 aromatic rings. The second-order valence-corrected chi connectivity index (χ2v) is 9.04. The molecule has 2 bridgehead atoms. The number of hydrogen-bond donors (Lipinski definition) is 3. The highest BCUT2D eigenvalue weighted by molar-refractivity contribution is 6.23. The SMILES string of the molecule is NCC1CC2CC1CC2NCc1ccc2c(c1)C(=O)N(C1CCC(=O)NC1=O)C2=O. The Labute approximate surface area is 174 Å². The molecule has 1 aromatic carbocycles. The molecule has 2 aliphatic heterocycles. The van der Waals surface area contributed by atoms with Crippen molar-refractivity contribution in [3.05, 3.63) is 34.9 Å². The van der Waals surface area contributed by atoms with E-state index in [4.69, 9.17) is 5.73 Å². The first-order valence-electron chi connectivity index (χ1n) is 10.7. The van der Waals surface area contributed by atoms with Gasteiger partial charge < -0.3 is 11.1 Å². The van der Waals surface area contributed by atoms with Crippen LogP contribution in [-0.2, 0) is 16.1 Å². The van der Waals surface area contributed by atoms with Crippen LogP contribution in [0.25, 0.3) is 0 Å². The van der Waals surface area contributed by atoms with Gasteiger partial charge in [0.15, 0.2) is 0 Å². The second-order valence-electron chi connectivity index (χ2n) is 9.04. The van der Waals surface area contributed by atoms with Gasteiger partial charge in [0.25, 0.3) is 11.8 Å². The monoisotopic (exact) mass is 410 g/mol. The van der Waals surface area contributed by atoms with Crippen molar-refractivity contribution in [2.45, 2.75) is 50.7 Å².